The van der Waals surface area contributed by atoms with Gasteiger partial charge in [0.2, 0.25) is 5.91 Å². The maximum absolute atomic E-state index is 13.4. The number of halogens is 1. The lowest BCUT2D eigenvalue weighted by atomic mass is 10.1. The number of benzene rings is 4. The van der Waals surface area contributed by atoms with Gasteiger partial charge in [0, 0.05) is 32.2 Å². The highest BCUT2D eigenvalue weighted by molar-refractivity contribution is 9.10. The van der Waals surface area contributed by atoms with Gasteiger partial charge in [-0.3, -0.25) is 14.4 Å². The van der Waals surface area contributed by atoms with Gasteiger partial charge >= 0.3 is 0 Å². The minimum atomic E-state index is -0.571. The number of nitrogens with one attached hydrogen (secondary N) is 3. The average molecular weight is 633 g/mol. The first-order valence-corrected chi connectivity index (χ1v) is 14.1. The number of hydrogen-bond donors (Lipinski definition) is 4. The fourth-order valence-electron chi connectivity index (χ4n) is 3.68. The minimum Gasteiger partial charge on any atom is -0.508 e. The van der Waals surface area contributed by atoms with Crippen LogP contribution in [0.2, 0.25) is 0 Å². The summed E-state index contributed by atoms with van der Waals surface area (Å²) in [5, 5.41) is 18.2. The topological polar surface area (TPSA) is 117 Å². The molecule has 0 fully saturated rings. The summed E-state index contributed by atoms with van der Waals surface area (Å²) in [6, 6.07) is 27.4. The molecule has 0 saturated carbocycles. The molecular formula is C31H26BrN3O5S. The van der Waals surface area contributed by atoms with Crippen LogP contribution >= 0.6 is 27.7 Å². The van der Waals surface area contributed by atoms with Crippen LogP contribution in [0.15, 0.2) is 112 Å². The van der Waals surface area contributed by atoms with Crippen LogP contribution in [0.1, 0.15) is 15.9 Å². The monoisotopic (exact) mass is 631 g/mol. The Morgan fingerprint density at radius 2 is 1.66 bits per heavy atom. The fourth-order valence-corrected chi connectivity index (χ4v) is 4.82. The molecule has 0 bridgehead atoms. The molecule has 0 aliphatic carbocycles. The number of methoxy groups -OCH3 is 1. The van der Waals surface area contributed by atoms with Crippen molar-refractivity contribution in [3.63, 3.8) is 0 Å². The molecule has 0 atom stereocenters. The molecule has 4 N–H and O–H groups in total. The van der Waals surface area contributed by atoms with Gasteiger partial charge in [-0.1, -0.05) is 36.4 Å². The van der Waals surface area contributed by atoms with Gasteiger partial charge in [0.15, 0.2) is 0 Å². The maximum Gasteiger partial charge on any atom is 0.272 e. The molecule has 0 aliphatic rings. The van der Waals surface area contributed by atoms with E-state index in [1.165, 1.54) is 37.1 Å². The summed E-state index contributed by atoms with van der Waals surface area (Å²) in [7, 11) is 1.44. The largest absolute Gasteiger partial charge is 0.508 e. The standard InChI is InChI=1S/C31H26BrN3O5S/c1-40-28-18-23(36)15-14-21(28)16-27(35-30(38)20-8-3-2-4-9-20)31(39)33-22-10-7-11-24(17-22)41-19-29(37)34-26-13-6-5-12-25(26)32/h2-18,36H,19H2,1H3,(H,33,39)(H,34,37)(H,35,38)/b27-16+. The van der Waals surface area contributed by atoms with E-state index in [-0.39, 0.29) is 23.1 Å². The zero-order chi connectivity index (χ0) is 29.2. The van der Waals surface area contributed by atoms with Gasteiger partial charge in [0.25, 0.3) is 11.8 Å². The first-order valence-electron chi connectivity index (χ1n) is 12.4. The summed E-state index contributed by atoms with van der Waals surface area (Å²) >= 11 is 4.73. The quantitative estimate of drug-likeness (QED) is 0.120. The van der Waals surface area contributed by atoms with Crippen molar-refractivity contribution < 1.29 is 24.2 Å². The average Bonchev–Trinajstić information content (AvgIpc) is 2.98. The van der Waals surface area contributed by atoms with Crippen molar-refractivity contribution in [2.45, 2.75) is 4.90 Å². The summed E-state index contributed by atoms with van der Waals surface area (Å²) in [5.74, 6) is -0.727. The van der Waals surface area contributed by atoms with Crippen LogP contribution in [-0.2, 0) is 9.59 Å². The molecule has 0 aromatic heterocycles. The Morgan fingerprint density at radius 3 is 2.41 bits per heavy atom. The predicted octanol–water partition coefficient (Wildman–Crippen LogP) is 6.30. The number of rotatable bonds is 10. The summed E-state index contributed by atoms with van der Waals surface area (Å²) in [5.41, 5.74) is 1.98. The minimum absolute atomic E-state index is 0.00211. The van der Waals surface area contributed by atoms with E-state index in [2.05, 4.69) is 31.9 Å². The molecule has 0 spiro atoms. The van der Waals surface area contributed by atoms with Gasteiger partial charge in [0.05, 0.1) is 18.6 Å². The zero-order valence-corrected chi connectivity index (χ0v) is 24.3. The second-order valence-corrected chi connectivity index (χ2v) is 10.5. The van der Waals surface area contributed by atoms with Crippen molar-refractivity contribution in [3.05, 3.63) is 118 Å². The highest BCUT2D eigenvalue weighted by atomic mass is 79.9. The third kappa shape index (κ3) is 8.47. The van der Waals surface area contributed by atoms with E-state index in [0.717, 1.165) is 9.37 Å². The smallest absolute Gasteiger partial charge is 0.272 e. The number of thioether (sulfide) groups is 1. The number of carbonyl (C=O) groups is 3. The van der Waals surface area contributed by atoms with E-state index >= 15 is 0 Å². The molecule has 0 aliphatic heterocycles. The Balaban J connectivity index is 1.50. The Labute approximate surface area is 250 Å². The Kier molecular flexibility index (Phi) is 10.2. The lowest BCUT2D eigenvalue weighted by molar-refractivity contribution is -0.114. The molecule has 4 aromatic carbocycles. The highest BCUT2D eigenvalue weighted by Gasteiger charge is 2.17. The predicted molar refractivity (Wildman–Crippen MR) is 165 cm³/mol. The first kappa shape index (κ1) is 29.4. The number of aromatic hydroxyl groups is 1. The highest BCUT2D eigenvalue weighted by Crippen LogP contribution is 2.27. The molecule has 0 saturated heterocycles. The Morgan fingerprint density at radius 1 is 0.902 bits per heavy atom. The zero-order valence-electron chi connectivity index (χ0n) is 21.9. The van der Waals surface area contributed by atoms with Crippen molar-refractivity contribution in [1.29, 1.82) is 0 Å². The Bertz CT molecular complexity index is 1590. The van der Waals surface area contributed by atoms with Crippen molar-refractivity contribution in [2.75, 3.05) is 23.5 Å². The summed E-state index contributed by atoms with van der Waals surface area (Å²) in [6.07, 6.45) is 1.47. The van der Waals surface area contributed by atoms with E-state index in [1.54, 1.807) is 60.7 Å². The molecule has 0 unspecified atom stereocenters. The molecule has 10 heteroatoms. The Hall–Kier alpha value is -4.54. The maximum atomic E-state index is 13.4. The van der Waals surface area contributed by atoms with Gasteiger partial charge in [-0.2, -0.15) is 0 Å². The molecule has 0 heterocycles. The second-order valence-electron chi connectivity index (χ2n) is 8.60. The van der Waals surface area contributed by atoms with Crippen LogP contribution in [0.4, 0.5) is 11.4 Å². The molecule has 0 radical (unpaired) electrons. The van der Waals surface area contributed by atoms with Gasteiger partial charge in [-0.25, -0.2) is 0 Å². The number of carbonyl (C=O) groups excluding carboxylic acids is 3. The number of ether oxygens (including phenoxy) is 1. The normalized spacial score (nSPS) is 10.9. The molecule has 41 heavy (non-hydrogen) atoms. The van der Waals surface area contributed by atoms with E-state index in [1.807, 2.05) is 24.3 Å². The lowest BCUT2D eigenvalue weighted by Crippen LogP contribution is -2.30. The molecule has 3 amide bonds. The van der Waals surface area contributed by atoms with E-state index in [9.17, 15) is 19.5 Å². The van der Waals surface area contributed by atoms with E-state index < -0.39 is 11.8 Å². The second kappa shape index (κ2) is 14.2. The molecule has 4 rings (SSSR count). The number of anilines is 2. The lowest BCUT2D eigenvalue weighted by Gasteiger charge is -2.13. The van der Waals surface area contributed by atoms with Crippen LogP contribution in [0, 0.1) is 0 Å². The van der Waals surface area contributed by atoms with Gasteiger partial charge in [-0.15, -0.1) is 11.8 Å². The van der Waals surface area contributed by atoms with Crippen molar-refractivity contribution in [2.24, 2.45) is 0 Å². The molecule has 4 aromatic rings. The van der Waals surface area contributed by atoms with Crippen molar-refractivity contribution in [1.82, 2.24) is 5.32 Å². The van der Waals surface area contributed by atoms with Crippen molar-refractivity contribution >= 4 is 62.9 Å². The number of hydrogen-bond acceptors (Lipinski definition) is 6. The summed E-state index contributed by atoms with van der Waals surface area (Å²) in [4.78, 5) is 39.6. The van der Waals surface area contributed by atoms with Crippen LogP contribution < -0.4 is 20.7 Å². The molecule has 208 valence electrons. The third-order valence-corrected chi connectivity index (χ3v) is 7.34. The number of phenols is 1. The number of amides is 3. The summed E-state index contributed by atoms with van der Waals surface area (Å²) < 4.78 is 6.12. The van der Waals surface area contributed by atoms with Gasteiger partial charge in [-0.05, 0) is 76.6 Å². The van der Waals surface area contributed by atoms with Gasteiger partial charge in [0.1, 0.15) is 17.2 Å². The summed E-state index contributed by atoms with van der Waals surface area (Å²) in [6.45, 7) is 0. The van der Waals surface area contributed by atoms with Gasteiger partial charge < -0.3 is 25.8 Å². The van der Waals surface area contributed by atoms with Crippen LogP contribution in [0.5, 0.6) is 11.5 Å². The number of phenolic OH excluding ortho intramolecular Hbond substituents is 1. The van der Waals surface area contributed by atoms with Crippen molar-refractivity contribution in [3.8, 4) is 11.5 Å². The van der Waals surface area contributed by atoms with E-state index in [4.69, 9.17) is 4.74 Å². The third-order valence-electron chi connectivity index (χ3n) is 5.66. The SMILES string of the molecule is COc1cc(O)ccc1/C=C(/NC(=O)c1ccccc1)C(=O)Nc1cccc(SCC(=O)Nc2ccccc2Br)c1. The molecular weight excluding hydrogens is 606 g/mol. The van der Waals surface area contributed by atoms with E-state index in [0.29, 0.717) is 28.3 Å². The number of para-hydroxylation sites is 1. The fraction of sp³-hybridized carbons (Fsp3) is 0.0645. The van der Waals surface area contributed by atoms with Crippen LogP contribution in [0.25, 0.3) is 6.08 Å². The van der Waals surface area contributed by atoms with Crippen LogP contribution in [-0.4, -0.2) is 35.7 Å². The molecule has 8 nitrogen and oxygen atoms in total. The van der Waals surface area contributed by atoms with Crippen LogP contribution in [0.3, 0.4) is 0 Å². The first-order chi connectivity index (χ1) is 19.8.